The van der Waals surface area contributed by atoms with Crippen LogP contribution in [0.4, 0.5) is 5.69 Å². The predicted octanol–water partition coefficient (Wildman–Crippen LogP) is 2.19. The molecule has 1 fully saturated rings. The van der Waals surface area contributed by atoms with Gasteiger partial charge in [-0.15, -0.1) is 0 Å². The zero-order chi connectivity index (χ0) is 15.2. The molecule has 1 aromatic rings. The number of rotatable bonds is 5. The molecule has 2 rings (SSSR count). The minimum absolute atomic E-state index is 0.162. The Bertz CT molecular complexity index is 448. The number of anilines is 1. The molecule has 4 nitrogen and oxygen atoms in total. The highest BCUT2D eigenvalue weighted by atomic mass is 16.1. The Morgan fingerprint density at radius 1 is 1.29 bits per heavy atom. The minimum atomic E-state index is 0.162. The summed E-state index contributed by atoms with van der Waals surface area (Å²) < 4.78 is 0. The van der Waals surface area contributed by atoms with E-state index in [4.69, 9.17) is 5.73 Å². The Morgan fingerprint density at radius 2 is 1.90 bits per heavy atom. The van der Waals surface area contributed by atoms with Crippen molar-refractivity contribution in [3.05, 3.63) is 29.8 Å². The summed E-state index contributed by atoms with van der Waals surface area (Å²) in [6, 6.07) is 8.70. The molecule has 1 amide bonds. The summed E-state index contributed by atoms with van der Waals surface area (Å²) in [5, 5.41) is 3.17. The van der Waals surface area contributed by atoms with E-state index in [0.29, 0.717) is 18.5 Å². The lowest BCUT2D eigenvalue weighted by molar-refractivity contribution is -0.122. The van der Waals surface area contributed by atoms with E-state index < -0.39 is 0 Å². The molecule has 1 heterocycles. The number of likely N-dealkylation sites (tertiary alicyclic amines) is 1. The Kier molecular flexibility index (Phi) is 5.62. The highest BCUT2D eigenvalue weighted by Crippen LogP contribution is 2.13. The third-order valence-electron chi connectivity index (χ3n) is 4.25. The number of nitrogens with two attached hydrogens (primary N) is 1. The average molecular weight is 289 g/mol. The monoisotopic (exact) mass is 289 g/mol. The van der Waals surface area contributed by atoms with Gasteiger partial charge >= 0.3 is 0 Å². The van der Waals surface area contributed by atoms with Gasteiger partial charge < -0.3 is 16.0 Å². The number of nitrogens with zero attached hydrogens (tertiary/aromatic N) is 1. The number of nitrogen functional groups attached to an aromatic ring is 1. The van der Waals surface area contributed by atoms with Crippen molar-refractivity contribution >= 4 is 11.6 Å². The van der Waals surface area contributed by atoms with E-state index in [1.54, 1.807) is 0 Å². The summed E-state index contributed by atoms with van der Waals surface area (Å²) in [5.41, 5.74) is 7.58. The van der Waals surface area contributed by atoms with Gasteiger partial charge in [-0.3, -0.25) is 4.79 Å². The van der Waals surface area contributed by atoms with E-state index in [0.717, 1.165) is 43.6 Å². The molecule has 4 heteroatoms. The average Bonchev–Trinajstić information content (AvgIpc) is 2.47. The fourth-order valence-electron chi connectivity index (χ4n) is 2.80. The van der Waals surface area contributed by atoms with Gasteiger partial charge in [-0.05, 0) is 50.8 Å². The van der Waals surface area contributed by atoms with Crippen molar-refractivity contribution in [2.24, 2.45) is 0 Å². The first-order chi connectivity index (χ1) is 10.0. The first-order valence-electron chi connectivity index (χ1n) is 7.92. The summed E-state index contributed by atoms with van der Waals surface area (Å²) in [5.74, 6) is 0.162. The van der Waals surface area contributed by atoms with Gasteiger partial charge in [0.05, 0.1) is 0 Å². The number of nitrogens with one attached hydrogen (secondary N) is 1. The topological polar surface area (TPSA) is 58.4 Å². The van der Waals surface area contributed by atoms with Crippen LogP contribution in [-0.2, 0) is 11.2 Å². The molecule has 0 spiro atoms. The van der Waals surface area contributed by atoms with E-state index in [-0.39, 0.29) is 5.91 Å². The fraction of sp³-hybridized carbons (Fsp3) is 0.588. The third kappa shape index (κ3) is 5.05. The van der Waals surface area contributed by atoms with Crippen molar-refractivity contribution < 1.29 is 4.79 Å². The number of hydrogen-bond donors (Lipinski definition) is 2. The molecule has 116 valence electrons. The molecule has 1 aromatic carbocycles. The molecule has 0 radical (unpaired) electrons. The van der Waals surface area contributed by atoms with Crippen LogP contribution in [-0.4, -0.2) is 36.0 Å². The summed E-state index contributed by atoms with van der Waals surface area (Å²) in [6.07, 6.45) is 3.45. The number of carbonyl (C=O) groups excluding carboxylic acids is 1. The number of amides is 1. The van der Waals surface area contributed by atoms with Crippen LogP contribution in [0.15, 0.2) is 24.3 Å². The number of aryl methyl sites for hydroxylation is 1. The number of hydrogen-bond acceptors (Lipinski definition) is 3. The number of benzene rings is 1. The van der Waals surface area contributed by atoms with Gasteiger partial charge in [0.2, 0.25) is 5.91 Å². The van der Waals surface area contributed by atoms with Crippen molar-refractivity contribution in [1.82, 2.24) is 10.2 Å². The molecule has 21 heavy (non-hydrogen) atoms. The minimum Gasteiger partial charge on any atom is -0.399 e. The highest BCUT2D eigenvalue weighted by molar-refractivity contribution is 5.76. The van der Waals surface area contributed by atoms with Crippen LogP contribution in [0.5, 0.6) is 0 Å². The first kappa shape index (κ1) is 15.8. The molecule has 1 aliphatic rings. The van der Waals surface area contributed by atoms with Gasteiger partial charge in [0.1, 0.15) is 0 Å². The van der Waals surface area contributed by atoms with Crippen molar-refractivity contribution in [1.29, 1.82) is 0 Å². The Labute approximate surface area is 127 Å². The van der Waals surface area contributed by atoms with Crippen LogP contribution in [0.1, 0.15) is 38.7 Å². The fourth-order valence-corrected chi connectivity index (χ4v) is 2.80. The molecule has 0 bridgehead atoms. The van der Waals surface area contributed by atoms with E-state index in [2.05, 4.69) is 24.1 Å². The molecule has 3 N–H and O–H groups in total. The van der Waals surface area contributed by atoms with Crippen LogP contribution in [0, 0.1) is 0 Å². The van der Waals surface area contributed by atoms with Gasteiger partial charge in [-0.2, -0.15) is 0 Å². The predicted molar refractivity (Wildman–Crippen MR) is 87.0 cm³/mol. The maximum Gasteiger partial charge on any atom is 0.220 e. The SMILES string of the molecule is CC(C)N1CCC(NC(=O)CCc2ccc(N)cc2)CC1. The summed E-state index contributed by atoms with van der Waals surface area (Å²) >= 11 is 0. The van der Waals surface area contributed by atoms with Crippen molar-refractivity contribution in [3.8, 4) is 0 Å². The van der Waals surface area contributed by atoms with Gasteiger partial charge in [-0.25, -0.2) is 0 Å². The largest absolute Gasteiger partial charge is 0.399 e. The molecule has 1 saturated heterocycles. The van der Waals surface area contributed by atoms with Crippen LogP contribution >= 0.6 is 0 Å². The van der Waals surface area contributed by atoms with Crippen LogP contribution in [0.3, 0.4) is 0 Å². The molecule has 1 aliphatic heterocycles. The molecular formula is C17H27N3O. The van der Waals surface area contributed by atoms with E-state index in [1.807, 2.05) is 24.3 Å². The zero-order valence-corrected chi connectivity index (χ0v) is 13.1. The van der Waals surface area contributed by atoms with Gasteiger partial charge in [-0.1, -0.05) is 12.1 Å². The second kappa shape index (κ2) is 7.46. The number of carbonyl (C=O) groups is 1. The van der Waals surface area contributed by atoms with Crippen molar-refractivity contribution in [2.75, 3.05) is 18.8 Å². The molecule has 0 aromatic heterocycles. The van der Waals surface area contributed by atoms with Crippen molar-refractivity contribution in [2.45, 2.75) is 51.6 Å². The molecule has 0 atom stereocenters. The normalized spacial score (nSPS) is 17.1. The summed E-state index contributed by atoms with van der Waals surface area (Å²) in [6.45, 7) is 6.62. The molecular weight excluding hydrogens is 262 g/mol. The van der Waals surface area contributed by atoms with Crippen LogP contribution in [0.25, 0.3) is 0 Å². The maximum absolute atomic E-state index is 12.0. The van der Waals surface area contributed by atoms with E-state index >= 15 is 0 Å². The summed E-state index contributed by atoms with van der Waals surface area (Å²) in [4.78, 5) is 14.5. The second-order valence-electron chi connectivity index (χ2n) is 6.21. The van der Waals surface area contributed by atoms with Gasteiger partial charge in [0.15, 0.2) is 0 Å². The van der Waals surface area contributed by atoms with E-state index in [9.17, 15) is 4.79 Å². The second-order valence-corrected chi connectivity index (χ2v) is 6.21. The smallest absolute Gasteiger partial charge is 0.220 e. The lowest BCUT2D eigenvalue weighted by Crippen LogP contribution is -2.46. The summed E-state index contributed by atoms with van der Waals surface area (Å²) in [7, 11) is 0. The first-order valence-corrected chi connectivity index (χ1v) is 7.92. The molecule has 0 saturated carbocycles. The quantitative estimate of drug-likeness (QED) is 0.817. The highest BCUT2D eigenvalue weighted by Gasteiger charge is 2.21. The Hall–Kier alpha value is -1.55. The third-order valence-corrected chi connectivity index (χ3v) is 4.25. The zero-order valence-electron chi connectivity index (χ0n) is 13.1. The standard InChI is InChI=1S/C17H27N3O/c1-13(2)20-11-9-16(10-12-20)19-17(21)8-5-14-3-6-15(18)7-4-14/h3-4,6-7,13,16H,5,8-12,18H2,1-2H3,(H,19,21). The molecule has 0 unspecified atom stereocenters. The lowest BCUT2D eigenvalue weighted by atomic mass is 10.0. The van der Waals surface area contributed by atoms with Crippen LogP contribution in [0.2, 0.25) is 0 Å². The lowest BCUT2D eigenvalue weighted by Gasteiger charge is -2.34. The molecule has 0 aliphatic carbocycles. The Balaban J connectivity index is 1.69. The maximum atomic E-state index is 12.0. The number of piperidine rings is 1. The Morgan fingerprint density at radius 3 is 2.48 bits per heavy atom. The van der Waals surface area contributed by atoms with Gasteiger partial charge in [0, 0.05) is 37.3 Å². The van der Waals surface area contributed by atoms with Crippen molar-refractivity contribution in [3.63, 3.8) is 0 Å². The van der Waals surface area contributed by atoms with Crippen LogP contribution < -0.4 is 11.1 Å². The van der Waals surface area contributed by atoms with E-state index in [1.165, 1.54) is 0 Å². The van der Waals surface area contributed by atoms with Gasteiger partial charge in [0.25, 0.3) is 0 Å².